The van der Waals surface area contributed by atoms with Gasteiger partial charge in [-0.05, 0) is 94.7 Å². The van der Waals surface area contributed by atoms with Crippen molar-refractivity contribution in [2.75, 3.05) is 25.0 Å². The zero-order valence-electron chi connectivity index (χ0n) is 32.5. The molecule has 3 aliphatic rings. The van der Waals surface area contributed by atoms with Gasteiger partial charge in [-0.3, -0.25) is 43.4 Å². The topological polar surface area (TPSA) is 180 Å². The van der Waals surface area contributed by atoms with Gasteiger partial charge in [-0.2, -0.15) is 10.4 Å². The number of nitrogens with zero attached hydrogens (tertiary/aromatic N) is 7. The van der Waals surface area contributed by atoms with Crippen molar-refractivity contribution in [2.24, 2.45) is 13.0 Å². The molecule has 3 fully saturated rings. The second-order valence-electron chi connectivity index (χ2n) is 16.6. The Morgan fingerprint density at radius 3 is 2.57 bits per heavy atom. The number of hydrogen-bond acceptors (Lipinski definition) is 9. The van der Waals surface area contributed by atoms with E-state index in [1.807, 2.05) is 21.8 Å². The largest absolute Gasteiger partial charge is 0.386 e. The first-order valence-electron chi connectivity index (χ1n) is 19.7. The summed E-state index contributed by atoms with van der Waals surface area (Å²) >= 11 is 0. The molecule has 1 saturated carbocycles. The van der Waals surface area contributed by atoms with Crippen LogP contribution in [0.2, 0.25) is 0 Å². The Morgan fingerprint density at radius 2 is 1.86 bits per heavy atom. The van der Waals surface area contributed by atoms with Gasteiger partial charge in [0.05, 0.1) is 51.8 Å². The highest BCUT2D eigenvalue weighted by atomic mass is 19.3. The highest BCUT2D eigenvalue weighted by Crippen LogP contribution is 2.44. The normalized spacial score (nSPS) is 22.8. The van der Waals surface area contributed by atoms with Gasteiger partial charge in [-0.1, -0.05) is 12.1 Å². The van der Waals surface area contributed by atoms with Crippen LogP contribution in [0.4, 0.5) is 14.5 Å². The molecule has 5 aromatic rings. The van der Waals surface area contributed by atoms with Crippen LogP contribution in [0, 0.1) is 17.2 Å². The van der Waals surface area contributed by atoms with Crippen molar-refractivity contribution in [3.05, 3.63) is 87.7 Å². The highest BCUT2D eigenvalue weighted by Gasteiger charge is 2.47. The zero-order chi connectivity index (χ0) is 41.1. The number of para-hydroxylation sites is 1. The fraction of sp³-hybridized carbons (Fsp3) is 0.452. The fourth-order valence-corrected chi connectivity index (χ4v) is 9.19. The number of nitriles is 1. The molecule has 8 rings (SSSR count). The summed E-state index contributed by atoms with van der Waals surface area (Å²) in [5.41, 5.74) is 1.43. The van der Waals surface area contributed by atoms with Gasteiger partial charge in [0.15, 0.2) is 0 Å². The van der Waals surface area contributed by atoms with E-state index in [2.05, 4.69) is 15.6 Å². The number of benzene rings is 2. The van der Waals surface area contributed by atoms with Gasteiger partial charge < -0.3 is 10.4 Å². The Bertz CT molecular complexity index is 2560. The lowest BCUT2D eigenvalue weighted by molar-refractivity contribution is -0.135. The third kappa shape index (κ3) is 7.28. The third-order valence-electron chi connectivity index (χ3n) is 12.1. The molecular formula is C42H45F2N9O5. The van der Waals surface area contributed by atoms with Crippen LogP contribution in [-0.2, 0) is 22.2 Å². The van der Waals surface area contributed by atoms with E-state index >= 15 is 8.78 Å². The van der Waals surface area contributed by atoms with E-state index in [4.69, 9.17) is 5.10 Å². The Labute approximate surface area is 332 Å². The van der Waals surface area contributed by atoms with E-state index in [0.29, 0.717) is 46.5 Å². The Morgan fingerprint density at radius 1 is 1.09 bits per heavy atom. The number of likely N-dealkylation sites (tertiary alicyclic amines) is 1. The molecule has 2 aromatic carbocycles. The molecule has 1 unspecified atom stereocenters. The average molecular weight is 794 g/mol. The second kappa shape index (κ2) is 14.9. The molecule has 302 valence electrons. The summed E-state index contributed by atoms with van der Waals surface area (Å²) in [5.74, 6) is -5.38. The summed E-state index contributed by atoms with van der Waals surface area (Å²) in [4.78, 5) is 56.9. The number of fused-ring (bicyclic) bond motifs is 2. The van der Waals surface area contributed by atoms with E-state index in [1.165, 1.54) is 34.6 Å². The summed E-state index contributed by atoms with van der Waals surface area (Å²) < 4.78 is 37.0. The maximum Gasteiger partial charge on any atom is 0.329 e. The van der Waals surface area contributed by atoms with E-state index in [0.717, 1.165) is 31.1 Å². The molecule has 2 saturated heterocycles. The maximum atomic E-state index is 16.2. The number of hydrogen-bond donors (Lipinski definition) is 3. The molecule has 5 heterocycles. The molecule has 58 heavy (non-hydrogen) atoms. The number of halogens is 2. The average Bonchev–Trinajstić information content (AvgIpc) is 3.71. The zero-order valence-corrected chi connectivity index (χ0v) is 32.5. The van der Waals surface area contributed by atoms with Crippen LogP contribution in [-0.4, -0.2) is 77.2 Å². The first-order valence-corrected chi connectivity index (χ1v) is 19.7. The monoisotopic (exact) mass is 793 g/mol. The lowest BCUT2D eigenvalue weighted by Crippen LogP contribution is -2.49. The van der Waals surface area contributed by atoms with Gasteiger partial charge in [0.2, 0.25) is 11.8 Å². The van der Waals surface area contributed by atoms with E-state index < -0.39 is 53.4 Å². The summed E-state index contributed by atoms with van der Waals surface area (Å²) in [6.45, 7) is 3.89. The summed E-state index contributed by atoms with van der Waals surface area (Å²) in [6, 6.07) is 11.2. The minimum absolute atomic E-state index is 0.0900. The van der Waals surface area contributed by atoms with Crippen LogP contribution in [0.3, 0.4) is 0 Å². The van der Waals surface area contributed by atoms with Crippen LogP contribution in [0.5, 0.6) is 0 Å². The smallest absolute Gasteiger partial charge is 0.329 e. The van der Waals surface area contributed by atoms with Crippen LogP contribution in [0.1, 0.15) is 104 Å². The van der Waals surface area contributed by atoms with Gasteiger partial charge in [0.1, 0.15) is 12.1 Å². The van der Waals surface area contributed by atoms with Crippen LogP contribution in [0.25, 0.3) is 21.9 Å². The van der Waals surface area contributed by atoms with Gasteiger partial charge in [0, 0.05) is 55.2 Å². The highest BCUT2D eigenvalue weighted by molar-refractivity contribution is 6.06. The van der Waals surface area contributed by atoms with Gasteiger partial charge in [0.25, 0.3) is 11.8 Å². The number of alkyl halides is 2. The van der Waals surface area contributed by atoms with Crippen molar-refractivity contribution in [1.29, 1.82) is 5.26 Å². The molecule has 3 N–H and O–H groups in total. The number of piperidine rings is 2. The lowest BCUT2D eigenvalue weighted by Gasteiger charge is -2.41. The Hall–Kier alpha value is -5.79. The van der Waals surface area contributed by atoms with Crippen molar-refractivity contribution < 1.29 is 28.3 Å². The van der Waals surface area contributed by atoms with E-state index in [1.54, 1.807) is 44.2 Å². The minimum atomic E-state index is -3.07. The number of imidazole rings is 1. The lowest BCUT2D eigenvalue weighted by atomic mass is 9.83. The van der Waals surface area contributed by atoms with Crippen LogP contribution >= 0.6 is 0 Å². The molecule has 2 aliphatic heterocycles. The van der Waals surface area contributed by atoms with E-state index in [-0.39, 0.29) is 42.3 Å². The number of amides is 3. The van der Waals surface area contributed by atoms with Crippen LogP contribution < -0.4 is 16.3 Å². The molecule has 16 heteroatoms. The number of aromatic nitrogens is 5. The maximum absolute atomic E-state index is 16.2. The molecule has 0 bridgehead atoms. The predicted molar refractivity (Wildman–Crippen MR) is 210 cm³/mol. The van der Waals surface area contributed by atoms with Crippen molar-refractivity contribution >= 4 is 45.3 Å². The van der Waals surface area contributed by atoms with Crippen molar-refractivity contribution in [1.82, 2.24) is 34.1 Å². The number of carbonyl (C=O) groups is 3. The SMILES string of the molecule is Cn1c(=O)n(C2CCC(=O)NC2=O)c2cccc([C@@H]3CCN(CC4CCC(n5cc6cc(NC(=O)c7cncc(C#N)c7)c(C(C)(C)O)cc6n5)CC4)CC3(F)F)c21. The quantitative estimate of drug-likeness (QED) is 0.177. The number of rotatable bonds is 8. The number of aryl methyl sites for hydroxylation is 1. The standard InChI is InChI=1S/C42H45F2N9O5/c1-41(2,58)31-17-32-27(16-33(31)47-38(55)26-15-25(18-45)19-46-20-26)22-52(49-32)28-9-7-24(8-10-28)21-51-14-13-30(42(43,44)23-51)29-5-4-6-34-37(29)50(3)40(57)53(34)35-11-12-36(54)48-39(35)56/h4-6,15-17,19-20,22,24,28,30,35,58H,7-14,21,23H2,1-3H3,(H,47,55)(H,48,54,56)/t24?,28?,30-,35?/m0/s1. The molecular weight excluding hydrogens is 749 g/mol. The third-order valence-corrected chi connectivity index (χ3v) is 12.1. The summed E-state index contributed by atoms with van der Waals surface area (Å²) in [5, 5.41) is 31.0. The first kappa shape index (κ1) is 39.1. The Balaban J connectivity index is 0.928. The fourth-order valence-electron chi connectivity index (χ4n) is 9.19. The predicted octanol–water partition coefficient (Wildman–Crippen LogP) is 5.27. The summed E-state index contributed by atoms with van der Waals surface area (Å²) in [6.07, 6.45) is 8.45. The summed E-state index contributed by atoms with van der Waals surface area (Å²) in [7, 11) is 1.54. The molecule has 3 amide bonds. The minimum Gasteiger partial charge on any atom is -0.386 e. The van der Waals surface area contributed by atoms with Crippen molar-refractivity contribution in [3.63, 3.8) is 0 Å². The molecule has 0 radical (unpaired) electrons. The molecule has 2 atom stereocenters. The van der Waals surface area contributed by atoms with E-state index in [9.17, 15) is 29.5 Å². The van der Waals surface area contributed by atoms with Gasteiger partial charge in [-0.25, -0.2) is 13.6 Å². The number of anilines is 1. The Kier molecular flexibility index (Phi) is 10.0. The molecule has 1 aliphatic carbocycles. The number of pyridine rings is 1. The molecule has 14 nitrogen and oxygen atoms in total. The number of carbonyl (C=O) groups excluding carboxylic acids is 3. The first-order chi connectivity index (χ1) is 27.6. The number of nitrogens with one attached hydrogen (secondary N) is 2. The number of imide groups is 1. The van der Waals surface area contributed by atoms with Crippen LogP contribution in [0.15, 0.2) is 59.8 Å². The second-order valence-corrected chi connectivity index (χ2v) is 16.6. The van der Waals surface area contributed by atoms with Crippen molar-refractivity contribution in [3.8, 4) is 6.07 Å². The molecule has 0 spiro atoms. The van der Waals surface area contributed by atoms with Gasteiger partial charge >= 0.3 is 5.69 Å². The molecule has 3 aromatic heterocycles. The number of aliphatic hydroxyl groups is 1. The van der Waals surface area contributed by atoms with Gasteiger partial charge in [-0.15, -0.1) is 0 Å². The van der Waals surface area contributed by atoms with Crippen molar-refractivity contribution in [2.45, 2.75) is 88.3 Å².